The molecule has 0 N–H and O–H groups in total. The maximum Gasteiger partial charge on any atom is 0.252 e. The van der Waals surface area contributed by atoms with Gasteiger partial charge in [-0.05, 0) is 37.0 Å². The number of alkyl halides is 1. The summed E-state index contributed by atoms with van der Waals surface area (Å²) in [5, 5.41) is 1.80. The van der Waals surface area contributed by atoms with E-state index in [-0.39, 0.29) is 0 Å². The summed E-state index contributed by atoms with van der Waals surface area (Å²) in [6.45, 7) is 5.79. The van der Waals surface area contributed by atoms with Crippen LogP contribution in [0.3, 0.4) is 0 Å². The van der Waals surface area contributed by atoms with E-state index in [1.807, 2.05) is 32.8 Å². The summed E-state index contributed by atoms with van der Waals surface area (Å²) in [6, 6.07) is 1.68. The van der Waals surface area contributed by atoms with Gasteiger partial charge >= 0.3 is 0 Å². The Kier molecular flexibility index (Phi) is 6.94. The SMILES string of the molecule is CC(C)CN(CCN(C)C)S(=O)(=O)c1cc(CCl)cs1. The minimum atomic E-state index is -3.41. The molecule has 0 aromatic carbocycles. The van der Waals surface area contributed by atoms with Crippen molar-refractivity contribution in [2.45, 2.75) is 23.9 Å². The highest BCUT2D eigenvalue weighted by Crippen LogP contribution is 2.25. The Morgan fingerprint density at radius 1 is 1.30 bits per heavy atom. The van der Waals surface area contributed by atoms with Gasteiger partial charge < -0.3 is 4.90 Å². The van der Waals surface area contributed by atoms with Crippen LogP contribution >= 0.6 is 22.9 Å². The molecular formula is C13H23ClN2O2S2. The van der Waals surface area contributed by atoms with Gasteiger partial charge in [0.05, 0.1) is 0 Å². The van der Waals surface area contributed by atoms with E-state index in [0.717, 1.165) is 5.56 Å². The van der Waals surface area contributed by atoms with E-state index in [1.165, 1.54) is 11.3 Å². The summed E-state index contributed by atoms with van der Waals surface area (Å²) in [6.07, 6.45) is 0. The standard InChI is InChI=1S/C13H23ClN2O2S2/c1-11(2)9-16(6-5-15(3)4)20(17,18)13-7-12(8-14)10-19-13/h7,10-11H,5-6,8-9H2,1-4H3. The Hall–Kier alpha value is -0.140. The van der Waals surface area contributed by atoms with Gasteiger partial charge in [-0.2, -0.15) is 4.31 Å². The van der Waals surface area contributed by atoms with Crippen LogP contribution in [0.1, 0.15) is 19.4 Å². The number of hydrogen-bond donors (Lipinski definition) is 0. The maximum absolute atomic E-state index is 12.7. The van der Waals surface area contributed by atoms with Crippen LogP contribution in [0.5, 0.6) is 0 Å². The molecule has 0 aliphatic carbocycles. The van der Waals surface area contributed by atoms with E-state index >= 15 is 0 Å². The van der Waals surface area contributed by atoms with E-state index in [4.69, 9.17) is 11.6 Å². The predicted molar refractivity (Wildman–Crippen MR) is 86.0 cm³/mol. The minimum Gasteiger partial charge on any atom is -0.308 e. The first-order valence-electron chi connectivity index (χ1n) is 6.55. The Labute approximate surface area is 131 Å². The fourth-order valence-corrected chi connectivity index (χ4v) is 4.92. The number of nitrogens with zero attached hydrogens (tertiary/aromatic N) is 2. The summed E-state index contributed by atoms with van der Waals surface area (Å²) < 4.78 is 27.3. The number of sulfonamides is 1. The Morgan fingerprint density at radius 2 is 1.95 bits per heavy atom. The lowest BCUT2D eigenvalue weighted by atomic mass is 10.2. The zero-order valence-corrected chi connectivity index (χ0v) is 14.9. The smallest absolute Gasteiger partial charge is 0.252 e. The third-order valence-corrected chi connectivity index (χ3v) is 6.38. The third kappa shape index (κ3) is 5.00. The first kappa shape index (κ1) is 17.9. The molecule has 1 aromatic heterocycles. The molecule has 4 nitrogen and oxygen atoms in total. The molecule has 7 heteroatoms. The van der Waals surface area contributed by atoms with E-state index in [9.17, 15) is 8.42 Å². The molecule has 0 aliphatic heterocycles. The van der Waals surface area contributed by atoms with Gasteiger partial charge in [-0.25, -0.2) is 8.42 Å². The van der Waals surface area contributed by atoms with Crippen LogP contribution in [0.25, 0.3) is 0 Å². The summed E-state index contributed by atoms with van der Waals surface area (Å²) in [5.74, 6) is 0.632. The molecule has 0 radical (unpaired) electrons. The summed E-state index contributed by atoms with van der Waals surface area (Å²) in [4.78, 5) is 1.99. The summed E-state index contributed by atoms with van der Waals surface area (Å²) >= 11 is 6.99. The number of thiophene rings is 1. The van der Waals surface area contributed by atoms with Crippen molar-refractivity contribution < 1.29 is 8.42 Å². The van der Waals surface area contributed by atoms with Gasteiger partial charge in [0, 0.05) is 25.5 Å². The molecule has 0 saturated heterocycles. The highest BCUT2D eigenvalue weighted by Gasteiger charge is 2.26. The molecule has 0 bridgehead atoms. The molecule has 0 saturated carbocycles. The van der Waals surface area contributed by atoms with Crippen LogP contribution in [0, 0.1) is 5.92 Å². The average Bonchev–Trinajstić information content (AvgIpc) is 2.83. The van der Waals surface area contributed by atoms with E-state index in [1.54, 1.807) is 15.8 Å². The lowest BCUT2D eigenvalue weighted by molar-refractivity contribution is 0.313. The topological polar surface area (TPSA) is 40.6 Å². The van der Waals surface area contributed by atoms with Crippen molar-refractivity contribution in [3.63, 3.8) is 0 Å². The molecule has 1 rings (SSSR count). The molecule has 0 atom stereocenters. The molecular weight excluding hydrogens is 316 g/mol. The van der Waals surface area contributed by atoms with Crippen molar-refractivity contribution in [2.75, 3.05) is 33.7 Å². The van der Waals surface area contributed by atoms with E-state index in [2.05, 4.69) is 0 Å². The normalized spacial score (nSPS) is 12.8. The maximum atomic E-state index is 12.7. The molecule has 0 aliphatic rings. The van der Waals surface area contributed by atoms with E-state index < -0.39 is 10.0 Å². The molecule has 0 amide bonds. The van der Waals surface area contributed by atoms with Crippen LogP contribution in [0.4, 0.5) is 0 Å². The molecule has 0 unspecified atom stereocenters. The largest absolute Gasteiger partial charge is 0.308 e. The zero-order chi connectivity index (χ0) is 15.3. The van der Waals surface area contributed by atoms with Gasteiger partial charge in [0.25, 0.3) is 10.0 Å². The predicted octanol–water partition coefficient (Wildman–Crippen LogP) is 2.70. The second-order valence-electron chi connectivity index (χ2n) is 5.47. The van der Waals surface area contributed by atoms with Crippen molar-refractivity contribution in [3.05, 3.63) is 17.0 Å². The van der Waals surface area contributed by atoms with Crippen molar-refractivity contribution in [1.82, 2.24) is 9.21 Å². The monoisotopic (exact) mass is 338 g/mol. The van der Waals surface area contributed by atoms with Crippen molar-refractivity contribution in [3.8, 4) is 0 Å². The van der Waals surface area contributed by atoms with Gasteiger partial charge in [0.15, 0.2) is 0 Å². The summed E-state index contributed by atoms with van der Waals surface area (Å²) in [5.41, 5.74) is 0.854. The number of likely N-dealkylation sites (N-methyl/N-ethyl adjacent to an activating group) is 1. The van der Waals surface area contributed by atoms with Gasteiger partial charge in [0.2, 0.25) is 0 Å². The van der Waals surface area contributed by atoms with E-state index in [0.29, 0.717) is 35.6 Å². The number of halogens is 1. The quantitative estimate of drug-likeness (QED) is 0.684. The van der Waals surface area contributed by atoms with Gasteiger partial charge in [0.1, 0.15) is 4.21 Å². The van der Waals surface area contributed by atoms with Gasteiger partial charge in [-0.3, -0.25) is 0 Å². The lowest BCUT2D eigenvalue weighted by Gasteiger charge is -2.24. The molecule has 1 aromatic rings. The van der Waals surface area contributed by atoms with Crippen LogP contribution < -0.4 is 0 Å². The molecule has 20 heavy (non-hydrogen) atoms. The first-order chi connectivity index (χ1) is 9.27. The molecule has 0 spiro atoms. The fourth-order valence-electron chi connectivity index (χ4n) is 1.71. The fraction of sp³-hybridized carbons (Fsp3) is 0.692. The second-order valence-corrected chi connectivity index (χ2v) is 8.81. The van der Waals surface area contributed by atoms with Crippen molar-refractivity contribution >= 4 is 33.0 Å². The highest BCUT2D eigenvalue weighted by atomic mass is 35.5. The van der Waals surface area contributed by atoms with Gasteiger partial charge in [-0.1, -0.05) is 13.8 Å². The van der Waals surface area contributed by atoms with Crippen LogP contribution in [0.15, 0.2) is 15.7 Å². The Balaban J connectivity index is 2.96. The molecule has 116 valence electrons. The van der Waals surface area contributed by atoms with Crippen LogP contribution in [-0.2, 0) is 15.9 Å². The molecule has 0 fully saturated rings. The highest BCUT2D eigenvalue weighted by molar-refractivity contribution is 7.91. The summed E-state index contributed by atoms with van der Waals surface area (Å²) in [7, 11) is 0.468. The van der Waals surface area contributed by atoms with Crippen molar-refractivity contribution in [1.29, 1.82) is 0 Å². The number of rotatable bonds is 8. The first-order valence-corrected chi connectivity index (χ1v) is 9.41. The number of hydrogen-bond acceptors (Lipinski definition) is 4. The average molecular weight is 339 g/mol. The van der Waals surface area contributed by atoms with Gasteiger partial charge in [-0.15, -0.1) is 22.9 Å². The zero-order valence-electron chi connectivity index (χ0n) is 12.5. The van der Waals surface area contributed by atoms with Crippen molar-refractivity contribution in [2.24, 2.45) is 5.92 Å². The van der Waals surface area contributed by atoms with Crippen LogP contribution in [0.2, 0.25) is 0 Å². The lowest BCUT2D eigenvalue weighted by Crippen LogP contribution is -2.38. The Morgan fingerprint density at radius 3 is 2.40 bits per heavy atom. The second kappa shape index (κ2) is 7.75. The minimum absolute atomic E-state index is 0.291. The van der Waals surface area contributed by atoms with Crippen LogP contribution in [-0.4, -0.2) is 51.4 Å². The Bertz CT molecular complexity index is 512. The molecule has 1 heterocycles. The third-order valence-electron chi connectivity index (χ3n) is 2.74.